The van der Waals surface area contributed by atoms with Gasteiger partial charge >= 0.3 is 5.97 Å². The van der Waals surface area contributed by atoms with E-state index in [1.54, 1.807) is 12.1 Å². The van der Waals surface area contributed by atoms with Crippen LogP contribution in [-0.4, -0.2) is 11.9 Å². The maximum atomic E-state index is 13.0. The highest BCUT2D eigenvalue weighted by molar-refractivity contribution is 9.10. The number of nitrogens with one attached hydrogen (secondary N) is 1. The van der Waals surface area contributed by atoms with E-state index in [4.69, 9.17) is 4.74 Å². The molecule has 0 fully saturated rings. The second kappa shape index (κ2) is 9.52. The lowest BCUT2D eigenvalue weighted by Crippen LogP contribution is -2.26. The first-order valence-corrected chi connectivity index (χ1v) is 10.1. The molecule has 0 radical (unpaired) electrons. The van der Waals surface area contributed by atoms with Crippen LogP contribution in [0.15, 0.2) is 77.3 Å². The van der Waals surface area contributed by atoms with Crippen molar-refractivity contribution in [1.82, 2.24) is 0 Å². The maximum Gasteiger partial charge on any atom is 0.311 e. The molecule has 4 nitrogen and oxygen atoms in total. The zero-order valence-corrected chi connectivity index (χ0v) is 17.9. The molecular weight excluding hydrogens is 430 g/mol. The van der Waals surface area contributed by atoms with Gasteiger partial charge in [-0.05, 0) is 48.7 Å². The number of carbonyl (C=O) groups excluding carboxylic acids is 2. The maximum absolute atomic E-state index is 13.0. The predicted octanol–water partition coefficient (Wildman–Crippen LogP) is 5.53. The van der Waals surface area contributed by atoms with Gasteiger partial charge in [-0.1, -0.05) is 70.5 Å². The molecule has 0 aliphatic carbocycles. The summed E-state index contributed by atoms with van der Waals surface area (Å²) < 4.78 is 6.55. The van der Waals surface area contributed by atoms with Crippen LogP contribution in [-0.2, 0) is 20.7 Å². The second-order valence-corrected chi connectivity index (χ2v) is 7.81. The van der Waals surface area contributed by atoms with E-state index in [2.05, 4.69) is 21.2 Å². The van der Waals surface area contributed by atoms with Gasteiger partial charge < -0.3 is 10.1 Å². The van der Waals surface area contributed by atoms with Gasteiger partial charge in [-0.25, -0.2) is 0 Å². The van der Waals surface area contributed by atoms with Crippen molar-refractivity contribution in [3.8, 4) is 0 Å². The Bertz CT molecular complexity index is 1000. The lowest BCUT2D eigenvalue weighted by Gasteiger charge is -2.19. The van der Waals surface area contributed by atoms with Crippen LogP contribution < -0.4 is 5.32 Å². The zero-order valence-electron chi connectivity index (χ0n) is 16.3. The van der Waals surface area contributed by atoms with Crippen LogP contribution in [0.5, 0.6) is 0 Å². The summed E-state index contributed by atoms with van der Waals surface area (Å²) in [7, 11) is 0. The number of hydrogen-bond donors (Lipinski definition) is 1. The van der Waals surface area contributed by atoms with Crippen molar-refractivity contribution in [3.63, 3.8) is 0 Å². The number of esters is 1. The van der Waals surface area contributed by atoms with Gasteiger partial charge in [0.1, 0.15) is 0 Å². The molecule has 148 valence electrons. The molecule has 0 saturated carbocycles. The number of amides is 1. The summed E-state index contributed by atoms with van der Waals surface area (Å²) in [6, 6.07) is 22.3. The largest absolute Gasteiger partial charge is 0.447 e. The molecule has 3 aromatic rings. The number of halogens is 1. The summed E-state index contributed by atoms with van der Waals surface area (Å²) in [6.07, 6.45) is -0.938. The first-order valence-electron chi connectivity index (χ1n) is 9.29. The Balaban J connectivity index is 1.79. The molecule has 5 heteroatoms. The molecule has 3 rings (SSSR count). The van der Waals surface area contributed by atoms with Gasteiger partial charge in [-0.15, -0.1) is 0 Å². The summed E-state index contributed by atoms with van der Waals surface area (Å²) in [4.78, 5) is 25.6. The minimum absolute atomic E-state index is 0.0906. The number of ether oxygens (including phenoxy) is 1. The standard InChI is InChI=1S/C24H22BrNO3/c1-16-8-9-17(2)21(14-16)26-24(28)23(19-6-4-3-5-7-19)29-22(27)15-18-10-12-20(25)13-11-18/h3-14,23H,15H2,1-2H3,(H,26,28)/t23-/m0/s1. The van der Waals surface area contributed by atoms with E-state index in [1.807, 2.05) is 74.5 Å². The normalized spacial score (nSPS) is 11.6. The highest BCUT2D eigenvalue weighted by Crippen LogP contribution is 2.23. The number of hydrogen-bond acceptors (Lipinski definition) is 3. The molecule has 1 amide bonds. The van der Waals surface area contributed by atoms with Crippen LogP contribution in [0.1, 0.15) is 28.4 Å². The number of aryl methyl sites for hydroxylation is 2. The fraction of sp³-hybridized carbons (Fsp3) is 0.167. The summed E-state index contributed by atoms with van der Waals surface area (Å²) in [6.45, 7) is 3.88. The summed E-state index contributed by atoms with van der Waals surface area (Å²) in [5, 5.41) is 2.90. The SMILES string of the molecule is Cc1ccc(C)c(NC(=O)[C@@H](OC(=O)Cc2ccc(Br)cc2)c2ccccc2)c1. The number of benzene rings is 3. The first-order chi connectivity index (χ1) is 13.9. The third kappa shape index (κ3) is 5.78. The summed E-state index contributed by atoms with van der Waals surface area (Å²) >= 11 is 3.37. The van der Waals surface area contributed by atoms with Crippen LogP contribution in [0.4, 0.5) is 5.69 Å². The quantitative estimate of drug-likeness (QED) is 0.501. The smallest absolute Gasteiger partial charge is 0.311 e. The molecule has 0 heterocycles. The Morgan fingerprint density at radius 1 is 0.966 bits per heavy atom. The summed E-state index contributed by atoms with van der Waals surface area (Å²) in [5.74, 6) is -0.841. The van der Waals surface area contributed by atoms with E-state index in [1.165, 1.54) is 0 Å². The minimum atomic E-state index is -1.03. The Labute approximate surface area is 179 Å². The summed E-state index contributed by atoms with van der Waals surface area (Å²) in [5.41, 5.74) is 4.13. The molecule has 1 N–H and O–H groups in total. The molecule has 0 spiro atoms. The van der Waals surface area contributed by atoms with E-state index in [0.717, 1.165) is 21.2 Å². The lowest BCUT2D eigenvalue weighted by atomic mass is 10.1. The molecule has 0 aliphatic rings. The van der Waals surface area contributed by atoms with Gasteiger partial charge in [0.15, 0.2) is 0 Å². The third-order valence-corrected chi connectivity index (χ3v) is 5.03. The third-order valence-electron chi connectivity index (χ3n) is 4.50. The number of rotatable bonds is 6. The fourth-order valence-electron chi connectivity index (χ4n) is 2.91. The van der Waals surface area contributed by atoms with Gasteiger partial charge in [0, 0.05) is 15.7 Å². The Hall–Kier alpha value is -2.92. The molecule has 0 aromatic heterocycles. The topological polar surface area (TPSA) is 55.4 Å². The minimum Gasteiger partial charge on any atom is -0.447 e. The molecule has 0 saturated heterocycles. The van der Waals surface area contributed by atoms with E-state index < -0.39 is 12.1 Å². The first kappa shape index (κ1) is 20.8. The van der Waals surface area contributed by atoms with Crippen LogP contribution in [0.2, 0.25) is 0 Å². The molecule has 29 heavy (non-hydrogen) atoms. The molecule has 0 aliphatic heterocycles. The van der Waals surface area contributed by atoms with Crippen LogP contribution in [0, 0.1) is 13.8 Å². The van der Waals surface area contributed by atoms with Crippen molar-refractivity contribution in [3.05, 3.63) is 99.5 Å². The van der Waals surface area contributed by atoms with E-state index in [0.29, 0.717) is 11.3 Å². The van der Waals surface area contributed by atoms with Crippen LogP contribution in [0.25, 0.3) is 0 Å². The Morgan fingerprint density at radius 3 is 2.34 bits per heavy atom. The molecule has 0 unspecified atom stereocenters. The van der Waals surface area contributed by atoms with Crippen LogP contribution in [0.3, 0.4) is 0 Å². The van der Waals surface area contributed by atoms with Crippen molar-refractivity contribution in [2.75, 3.05) is 5.32 Å². The van der Waals surface area contributed by atoms with Crippen molar-refractivity contribution in [1.29, 1.82) is 0 Å². The lowest BCUT2D eigenvalue weighted by molar-refractivity contribution is -0.154. The van der Waals surface area contributed by atoms with Crippen molar-refractivity contribution in [2.45, 2.75) is 26.4 Å². The Kier molecular flexibility index (Phi) is 6.83. The monoisotopic (exact) mass is 451 g/mol. The molecule has 3 aromatic carbocycles. The van der Waals surface area contributed by atoms with E-state index in [-0.39, 0.29) is 12.3 Å². The zero-order chi connectivity index (χ0) is 20.8. The van der Waals surface area contributed by atoms with Gasteiger partial charge in [-0.2, -0.15) is 0 Å². The van der Waals surface area contributed by atoms with Gasteiger partial charge in [0.05, 0.1) is 6.42 Å². The average Bonchev–Trinajstić information content (AvgIpc) is 2.71. The van der Waals surface area contributed by atoms with Crippen LogP contribution >= 0.6 is 15.9 Å². The van der Waals surface area contributed by atoms with Crippen molar-refractivity contribution in [2.24, 2.45) is 0 Å². The van der Waals surface area contributed by atoms with E-state index in [9.17, 15) is 9.59 Å². The highest BCUT2D eigenvalue weighted by Gasteiger charge is 2.25. The predicted molar refractivity (Wildman–Crippen MR) is 118 cm³/mol. The Morgan fingerprint density at radius 2 is 1.66 bits per heavy atom. The molecule has 0 bridgehead atoms. The van der Waals surface area contributed by atoms with Crippen molar-refractivity contribution >= 4 is 33.5 Å². The van der Waals surface area contributed by atoms with Gasteiger partial charge in [-0.3, -0.25) is 9.59 Å². The molecular formula is C24H22BrNO3. The van der Waals surface area contributed by atoms with E-state index >= 15 is 0 Å². The highest BCUT2D eigenvalue weighted by atomic mass is 79.9. The fourth-order valence-corrected chi connectivity index (χ4v) is 3.18. The molecule has 1 atom stereocenters. The van der Waals surface area contributed by atoms with Gasteiger partial charge in [0.2, 0.25) is 6.10 Å². The number of anilines is 1. The number of carbonyl (C=O) groups is 2. The van der Waals surface area contributed by atoms with Gasteiger partial charge in [0.25, 0.3) is 5.91 Å². The average molecular weight is 452 g/mol. The second-order valence-electron chi connectivity index (χ2n) is 6.89. The van der Waals surface area contributed by atoms with Crippen molar-refractivity contribution < 1.29 is 14.3 Å².